The van der Waals surface area contributed by atoms with Crippen molar-refractivity contribution >= 4 is 34.0 Å². The molecule has 2 aliphatic carbocycles. The van der Waals surface area contributed by atoms with Crippen LogP contribution in [0.5, 0.6) is 0 Å². The van der Waals surface area contributed by atoms with Crippen molar-refractivity contribution in [2.75, 3.05) is 10.6 Å². The number of rotatable bonds is 10. The fourth-order valence-corrected chi connectivity index (χ4v) is 4.69. The van der Waals surface area contributed by atoms with Crippen LogP contribution in [-0.4, -0.2) is 11.8 Å². The fraction of sp³-hybridized carbons (Fsp3) is 0.538. The number of benzene rings is 2. The molecule has 2 saturated carbocycles. The van der Waals surface area contributed by atoms with Crippen molar-refractivity contribution in [1.29, 1.82) is 0 Å². The molecule has 0 saturated heterocycles. The molecule has 2 aromatic carbocycles. The van der Waals surface area contributed by atoms with E-state index in [0.717, 1.165) is 47.8 Å². The zero-order valence-corrected chi connectivity index (χ0v) is 18.2. The molecule has 2 amide bonds. The molecule has 160 valence electrons. The lowest BCUT2D eigenvalue weighted by Crippen LogP contribution is -2.16. The molecule has 0 aromatic heterocycles. The molecule has 2 aromatic rings. The summed E-state index contributed by atoms with van der Waals surface area (Å²) < 4.78 is 0. The summed E-state index contributed by atoms with van der Waals surface area (Å²) in [6.45, 7) is 4.39. The number of hydrogen-bond donors (Lipinski definition) is 2. The molecule has 2 aliphatic rings. The van der Waals surface area contributed by atoms with Gasteiger partial charge in [-0.1, -0.05) is 63.8 Å². The van der Waals surface area contributed by atoms with Gasteiger partial charge in [-0.3, -0.25) is 9.59 Å². The fourth-order valence-electron chi connectivity index (χ4n) is 4.69. The summed E-state index contributed by atoms with van der Waals surface area (Å²) in [5, 5.41) is 8.25. The SMILES string of the molecule is CCCC[C@H]1C[C@@H]1C(=O)Nc1cccc2c(NC(=O)[C@@H]3C[C@@H]3CCCC)cccc12. The van der Waals surface area contributed by atoms with Crippen LogP contribution in [-0.2, 0) is 9.59 Å². The minimum Gasteiger partial charge on any atom is -0.325 e. The zero-order chi connectivity index (χ0) is 21.1. The second kappa shape index (κ2) is 9.20. The lowest BCUT2D eigenvalue weighted by molar-refractivity contribution is -0.118. The predicted octanol–water partition coefficient (Wildman–Crippen LogP) is 6.37. The smallest absolute Gasteiger partial charge is 0.227 e. The van der Waals surface area contributed by atoms with Gasteiger partial charge in [0.15, 0.2) is 0 Å². The molecule has 30 heavy (non-hydrogen) atoms. The summed E-state index contributed by atoms with van der Waals surface area (Å²) in [4.78, 5) is 25.4. The highest BCUT2D eigenvalue weighted by Crippen LogP contribution is 2.44. The number of nitrogens with one attached hydrogen (secondary N) is 2. The van der Waals surface area contributed by atoms with E-state index in [1.807, 2.05) is 36.4 Å². The number of unbranched alkanes of at least 4 members (excludes halogenated alkanes) is 2. The number of carbonyl (C=O) groups is 2. The van der Waals surface area contributed by atoms with E-state index in [0.29, 0.717) is 11.8 Å². The molecule has 4 atom stereocenters. The van der Waals surface area contributed by atoms with Crippen LogP contribution in [0, 0.1) is 23.7 Å². The summed E-state index contributed by atoms with van der Waals surface area (Å²) in [6, 6.07) is 11.9. The second-order valence-electron chi connectivity index (χ2n) is 9.17. The molecular formula is C26H34N2O2. The molecule has 0 radical (unpaired) electrons. The van der Waals surface area contributed by atoms with Crippen molar-refractivity contribution in [3.8, 4) is 0 Å². The van der Waals surface area contributed by atoms with Crippen LogP contribution in [0.25, 0.3) is 10.8 Å². The maximum Gasteiger partial charge on any atom is 0.227 e. The average molecular weight is 407 g/mol. The highest BCUT2D eigenvalue weighted by Gasteiger charge is 2.43. The maximum atomic E-state index is 12.7. The molecule has 0 aliphatic heterocycles. The molecule has 0 spiro atoms. The Morgan fingerprint density at radius 3 is 1.60 bits per heavy atom. The van der Waals surface area contributed by atoms with Gasteiger partial charge in [-0.2, -0.15) is 0 Å². The van der Waals surface area contributed by atoms with Crippen molar-refractivity contribution in [2.24, 2.45) is 23.7 Å². The third-order valence-electron chi connectivity index (χ3n) is 6.81. The highest BCUT2D eigenvalue weighted by molar-refractivity contribution is 6.10. The summed E-state index contributed by atoms with van der Waals surface area (Å²) in [6.07, 6.45) is 9.10. The Morgan fingerprint density at radius 2 is 1.20 bits per heavy atom. The van der Waals surface area contributed by atoms with E-state index < -0.39 is 0 Å². The summed E-state index contributed by atoms with van der Waals surface area (Å²) in [5.41, 5.74) is 1.67. The molecule has 0 heterocycles. The molecule has 4 rings (SSSR count). The number of anilines is 2. The molecule has 0 unspecified atom stereocenters. The van der Waals surface area contributed by atoms with Crippen LogP contribution in [0.15, 0.2) is 36.4 Å². The van der Waals surface area contributed by atoms with Crippen molar-refractivity contribution in [2.45, 2.75) is 65.2 Å². The van der Waals surface area contributed by atoms with E-state index in [1.54, 1.807) is 0 Å². The van der Waals surface area contributed by atoms with Crippen LogP contribution < -0.4 is 10.6 Å². The number of hydrogen-bond acceptors (Lipinski definition) is 2. The number of fused-ring (bicyclic) bond motifs is 1. The van der Waals surface area contributed by atoms with Gasteiger partial charge in [0, 0.05) is 34.0 Å². The molecule has 4 nitrogen and oxygen atoms in total. The topological polar surface area (TPSA) is 58.2 Å². The van der Waals surface area contributed by atoms with Crippen LogP contribution in [0.2, 0.25) is 0 Å². The van der Waals surface area contributed by atoms with Gasteiger partial charge < -0.3 is 10.6 Å². The maximum absolute atomic E-state index is 12.7. The molecule has 2 N–H and O–H groups in total. The van der Waals surface area contributed by atoms with E-state index in [4.69, 9.17) is 0 Å². The standard InChI is InChI=1S/C26H34N2O2/c1-3-5-9-17-15-21(17)25(29)27-23-13-7-12-20-19(23)11-8-14-24(20)28-26(30)22-16-18(22)10-6-4-2/h7-8,11-14,17-18,21-22H,3-6,9-10,15-16H2,1-2H3,(H,27,29)(H,28,30)/t17-,18-,21-,22+/m0/s1. The minimum atomic E-state index is 0.134. The van der Waals surface area contributed by atoms with Gasteiger partial charge >= 0.3 is 0 Å². The summed E-state index contributed by atoms with van der Waals surface area (Å²) >= 11 is 0. The van der Waals surface area contributed by atoms with Crippen LogP contribution in [0.3, 0.4) is 0 Å². The Labute approximate surface area is 179 Å². The van der Waals surface area contributed by atoms with Gasteiger partial charge in [0.05, 0.1) is 0 Å². The Bertz CT molecular complexity index is 847. The Morgan fingerprint density at radius 1 is 0.767 bits per heavy atom. The first-order valence-corrected chi connectivity index (χ1v) is 11.8. The Kier molecular flexibility index (Phi) is 6.40. The average Bonchev–Trinajstić information content (AvgIpc) is 3.66. The summed E-state index contributed by atoms with van der Waals surface area (Å²) in [5.74, 6) is 1.68. The normalized spacial score (nSPS) is 24.5. The summed E-state index contributed by atoms with van der Waals surface area (Å²) in [7, 11) is 0. The Balaban J connectivity index is 1.43. The first kappa shape index (κ1) is 20.9. The first-order chi connectivity index (χ1) is 14.6. The van der Waals surface area contributed by atoms with Crippen LogP contribution in [0.4, 0.5) is 11.4 Å². The van der Waals surface area contributed by atoms with Crippen LogP contribution in [0.1, 0.15) is 65.2 Å². The van der Waals surface area contributed by atoms with Crippen molar-refractivity contribution in [1.82, 2.24) is 0 Å². The number of carbonyl (C=O) groups excluding carboxylic acids is 2. The van der Waals surface area contributed by atoms with Gasteiger partial charge in [0.2, 0.25) is 11.8 Å². The van der Waals surface area contributed by atoms with Gasteiger partial charge in [0.25, 0.3) is 0 Å². The Hall–Kier alpha value is -2.36. The predicted molar refractivity (Wildman–Crippen MR) is 123 cm³/mol. The monoisotopic (exact) mass is 406 g/mol. The van der Waals surface area contributed by atoms with Gasteiger partial charge in [-0.05, 0) is 49.7 Å². The third kappa shape index (κ3) is 4.69. The van der Waals surface area contributed by atoms with E-state index in [1.165, 1.54) is 25.7 Å². The van der Waals surface area contributed by atoms with E-state index in [2.05, 4.69) is 24.5 Å². The van der Waals surface area contributed by atoms with E-state index >= 15 is 0 Å². The molecule has 0 bridgehead atoms. The van der Waals surface area contributed by atoms with Crippen molar-refractivity contribution in [3.05, 3.63) is 36.4 Å². The van der Waals surface area contributed by atoms with Gasteiger partial charge in [-0.25, -0.2) is 0 Å². The lowest BCUT2D eigenvalue weighted by Gasteiger charge is -2.13. The van der Waals surface area contributed by atoms with Gasteiger partial charge in [-0.15, -0.1) is 0 Å². The van der Waals surface area contributed by atoms with Crippen LogP contribution >= 0.6 is 0 Å². The first-order valence-electron chi connectivity index (χ1n) is 11.8. The molecule has 4 heteroatoms. The minimum absolute atomic E-state index is 0.134. The number of amides is 2. The van der Waals surface area contributed by atoms with E-state index in [-0.39, 0.29) is 23.7 Å². The van der Waals surface area contributed by atoms with Gasteiger partial charge in [0.1, 0.15) is 0 Å². The van der Waals surface area contributed by atoms with Crippen molar-refractivity contribution in [3.63, 3.8) is 0 Å². The quantitative estimate of drug-likeness (QED) is 0.482. The second-order valence-corrected chi connectivity index (χ2v) is 9.17. The highest BCUT2D eigenvalue weighted by atomic mass is 16.2. The van der Waals surface area contributed by atoms with E-state index in [9.17, 15) is 9.59 Å². The van der Waals surface area contributed by atoms with Crippen molar-refractivity contribution < 1.29 is 9.59 Å². The molecular weight excluding hydrogens is 372 g/mol. The zero-order valence-electron chi connectivity index (χ0n) is 18.2. The largest absolute Gasteiger partial charge is 0.325 e. The molecule has 2 fully saturated rings. The lowest BCUT2D eigenvalue weighted by atomic mass is 10.1. The third-order valence-corrected chi connectivity index (χ3v) is 6.81.